The van der Waals surface area contributed by atoms with E-state index in [9.17, 15) is 4.79 Å². The molecule has 0 bridgehead atoms. The highest BCUT2D eigenvalue weighted by Gasteiger charge is 2.38. The van der Waals surface area contributed by atoms with E-state index in [0.29, 0.717) is 17.4 Å². The fourth-order valence-electron chi connectivity index (χ4n) is 4.55. The summed E-state index contributed by atoms with van der Waals surface area (Å²) in [4.78, 5) is 17.0. The van der Waals surface area contributed by atoms with Crippen molar-refractivity contribution in [3.63, 3.8) is 0 Å². The molecule has 1 aliphatic heterocycles. The number of aryl methyl sites for hydroxylation is 1. The molecule has 0 spiro atoms. The van der Waals surface area contributed by atoms with Gasteiger partial charge in [0.25, 0.3) is 5.91 Å². The minimum atomic E-state index is -0.0795. The second-order valence-electron chi connectivity index (χ2n) is 7.89. The molecule has 1 amide bonds. The minimum Gasteiger partial charge on any atom is -0.378 e. The first-order valence-corrected chi connectivity index (χ1v) is 10.0. The van der Waals surface area contributed by atoms with Crippen LogP contribution in [0.2, 0.25) is 0 Å². The number of fused-ring (bicyclic) bond motifs is 3. The number of amides is 1. The summed E-state index contributed by atoms with van der Waals surface area (Å²) in [5.41, 5.74) is 6.17. The van der Waals surface area contributed by atoms with Crippen LogP contribution in [-0.2, 0) is 0 Å². The fourth-order valence-corrected chi connectivity index (χ4v) is 4.55. The van der Waals surface area contributed by atoms with E-state index in [0.717, 1.165) is 23.4 Å². The Morgan fingerprint density at radius 1 is 1.14 bits per heavy atom. The van der Waals surface area contributed by atoms with Gasteiger partial charge in [0.2, 0.25) is 0 Å². The number of hydrogen-bond donors (Lipinski definition) is 2. The van der Waals surface area contributed by atoms with Gasteiger partial charge in [-0.05, 0) is 66.8 Å². The van der Waals surface area contributed by atoms with Gasteiger partial charge in [0.05, 0.1) is 6.04 Å². The van der Waals surface area contributed by atoms with Gasteiger partial charge >= 0.3 is 0 Å². The second kappa shape index (κ2) is 7.21. The molecule has 3 atom stereocenters. The normalized spacial score (nSPS) is 21.8. The molecule has 1 aromatic heterocycles. The Bertz CT molecular complexity index is 1090. The first kappa shape index (κ1) is 17.7. The molecule has 2 N–H and O–H groups in total. The first-order chi connectivity index (χ1) is 14.2. The Morgan fingerprint density at radius 2 is 2.07 bits per heavy atom. The molecule has 0 saturated carbocycles. The number of aromatic nitrogens is 1. The van der Waals surface area contributed by atoms with Crippen LogP contribution >= 0.6 is 0 Å². The zero-order valence-electron chi connectivity index (χ0n) is 16.3. The van der Waals surface area contributed by atoms with Crippen molar-refractivity contribution in [3.8, 4) is 0 Å². The molecule has 0 radical (unpaired) electrons. The SMILES string of the molecule is Cc1cccc(C(=O)Nc2ccc3c(c2)C2C=CCC2C(c2cccnc2)N3)c1. The molecule has 4 nitrogen and oxygen atoms in total. The van der Waals surface area contributed by atoms with Crippen LogP contribution in [0.5, 0.6) is 0 Å². The molecule has 2 aliphatic rings. The van der Waals surface area contributed by atoms with Gasteiger partial charge in [-0.15, -0.1) is 0 Å². The number of nitrogens with one attached hydrogen (secondary N) is 2. The summed E-state index contributed by atoms with van der Waals surface area (Å²) >= 11 is 0. The predicted molar refractivity (Wildman–Crippen MR) is 116 cm³/mol. The highest BCUT2D eigenvalue weighted by molar-refractivity contribution is 6.04. The highest BCUT2D eigenvalue weighted by atomic mass is 16.1. The zero-order chi connectivity index (χ0) is 19.8. The van der Waals surface area contributed by atoms with Gasteiger partial charge in [-0.3, -0.25) is 9.78 Å². The lowest BCUT2D eigenvalue weighted by Crippen LogP contribution is -2.29. The molecule has 2 heterocycles. The number of rotatable bonds is 3. The monoisotopic (exact) mass is 381 g/mol. The Labute approximate surface area is 170 Å². The third-order valence-corrected chi connectivity index (χ3v) is 5.94. The minimum absolute atomic E-state index is 0.0795. The number of allylic oxidation sites excluding steroid dienone is 2. The van der Waals surface area contributed by atoms with E-state index < -0.39 is 0 Å². The van der Waals surface area contributed by atoms with Crippen LogP contribution in [0, 0.1) is 12.8 Å². The third kappa shape index (κ3) is 3.31. The van der Waals surface area contributed by atoms with E-state index in [1.807, 2.05) is 55.7 Å². The van der Waals surface area contributed by atoms with Gasteiger partial charge in [-0.2, -0.15) is 0 Å². The second-order valence-corrected chi connectivity index (χ2v) is 7.89. The summed E-state index contributed by atoms with van der Waals surface area (Å²) < 4.78 is 0. The van der Waals surface area contributed by atoms with E-state index in [-0.39, 0.29) is 11.9 Å². The van der Waals surface area contributed by atoms with E-state index in [1.54, 1.807) is 0 Å². The molecule has 0 saturated heterocycles. The van der Waals surface area contributed by atoms with Gasteiger partial charge in [-0.25, -0.2) is 0 Å². The van der Waals surface area contributed by atoms with Gasteiger partial charge in [0, 0.05) is 35.2 Å². The molecule has 5 rings (SSSR count). The van der Waals surface area contributed by atoms with Crippen LogP contribution in [0.25, 0.3) is 0 Å². The number of carbonyl (C=O) groups excluding carboxylic acids is 1. The van der Waals surface area contributed by atoms with Crippen LogP contribution in [0.3, 0.4) is 0 Å². The van der Waals surface area contributed by atoms with Gasteiger partial charge < -0.3 is 10.6 Å². The smallest absolute Gasteiger partial charge is 0.255 e. The number of nitrogens with zero attached hydrogens (tertiary/aromatic N) is 1. The molecule has 144 valence electrons. The number of hydrogen-bond acceptors (Lipinski definition) is 3. The number of pyridine rings is 1. The van der Waals surface area contributed by atoms with E-state index in [4.69, 9.17) is 0 Å². The standard InChI is InChI=1S/C25H23N3O/c1-16-5-2-6-17(13-16)25(29)27-19-10-11-23-22(14-19)20-8-3-9-21(20)24(28-23)18-7-4-12-26-15-18/h2-8,10-15,20-21,24,28H,9H2,1H3,(H,27,29). The quantitative estimate of drug-likeness (QED) is 0.592. The van der Waals surface area contributed by atoms with E-state index >= 15 is 0 Å². The summed E-state index contributed by atoms with van der Waals surface area (Å²) in [6.45, 7) is 1.99. The van der Waals surface area contributed by atoms with E-state index in [1.165, 1.54) is 11.1 Å². The van der Waals surface area contributed by atoms with Gasteiger partial charge in [-0.1, -0.05) is 35.9 Å². The molecule has 1 aliphatic carbocycles. The summed E-state index contributed by atoms with van der Waals surface area (Å²) in [5.74, 6) is 0.714. The van der Waals surface area contributed by atoms with Gasteiger partial charge in [0.1, 0.15) is 0 Å². The topological polar surface area (TPSA) is 54.0 Å². The summed E-state index contributed by atoms with van der Waals surface area (Å²) in [7, 11) is 0. The largest absolute Gasteiger partial charge is 0.378 e. The number of anilines is 2. The number of carbonyl (C=O) groups is 1. The van der Waals surface area contributed by atoms with Crippen molar-refractivity contribution in [3.05, 3.63) is 101 Å². The van der Waals surface area contributed by atoms with Gasteiger partial charge in [0.15, 0.2) is 0 Å². The van der Waals surface area contributed by atoms with Crippen molar-refractivity contribution in [2.24, 2.45) is 5.92 Å². The van der Waals surface area contributed by atoms with Crippen molar-refractivity contribution >= 4 is 17.3 Å². The molecular weight excluding hydrogens is 358 g/mol. The van der Waals surface area contributed by atoms with Crippen molar-refractivity contribution < 1.29 is 4.79 Å². The van der Waals surface area contributed by atoms with Crippen molar-refractivity contribution in [1.82, 2.24) is 4.98 Å². The van der Waals surface area contributed by atoms with Crippen molar-refractivity contribution in [1.29, 1.82) is 0 Å². The van der Waals surface area contributed by atoms with Crippen LogP contribution in [0.1, 0.15) is 45.4 Å². The van der Waals surface area contributed by atoms with E-state index in [2.05, 4.69) is 46.0 Å². The maximum absolute atomic E-state index is 12.7. The van der Waals surface area contributed by atoms with Crippen molar-refractivity contribution in [2.75, 3.05) is 10.6 Å². The molecule has 0 fully saturated rings. The maximum atomic E-state index is 12.7. The van der Waals surface area contributed by atoms with Crippen LogP contribution in [0.15, 0.2) is 79.1 Å². The highest BCUT2D eigenvalue weighted by Crippen LogP contribution is 2.50. The molecule has 29 heavy (non-hydrogen) atoms. The average Bonchev–Trinajstić information content (AvgIpc) is 3.24. The molecule has 2 aromatic carbocycles. The first-order valence-electron chi connectivity index (χ1n) is 10.0. The van der Waals surface area contributed by atoms with Crippen LogP contribution < -0.4 is 10.6 Å². The summed E-state index contributed by atoms with van der Waals surface area (Å²) in [6, 6.07) is 18.2. The number of benzene rings is 2. The summed E-state index contributed by atoms with van der Waals surface area (Å²) in [6.07, 6.45) is 9.38. The molecule has 3 aromatic rings. The Balaban J connectivity index is 1.44. The zero-order valence-corrected chi connectivity index (χ0v) is 16.3. The lowest BCUT2D eigenvalue weighted by atomic mass is 9.77. The Kier molecular flexibility index (Phi) is 4.39. The maximum Gasteiger partial charge on any atom is 0.255 e. The summed E-state index contributed by atoms with van der Waals surface area (Å²) in [5, 5.41) is 6.77. The molecule has 3 unspecified atom stereocenters. The predicted octanol–water partition coefficient (Wildman–Crippen LogP) is 5.47. The lowest BCUT2D eigenvalue weighted by Gasteiger charge is -2.37. The molecule has 4 heteroatoms. The fraction of sp³-hybridized carbons (Fsp3) is 0.200. The Morgan fingerprint density at radius 3 is 2.90 bits per heavy atom. The van der Waals surface area contributed by atoms with Crippen molar-refractivity contribution in [2.45, 2.75) is 25.3 Å². The third-order valence-electron chi connectivity index (χ3n) is 5.94. The van der Waals surface area contributed by atoms with Crippen LogP contribution in [-0.4, -0.2) is 10.9 Å². The average molecular weight is 381 g/mol. The molecular formula is C25H23N3O. The Hall–Kier alpha value is -3.40. The lowest BCUT2D eigenvalue weighted by molar-refractivity contribution is 0.102. The van der Waals surface area contributed by atoms with Crippen LogP contribution in [0.4, 0.5) is 11.4 Å².